The van der Waals surface area contributed by atoms with E-state index in [0.717, 1.165) is 25.5 Å². The highest BCUT2D eigenvalue weighted by Gasteiger charge is 2.00. The molecule has 17 heavy (non-hydrogen) atoms. The number of hydrogen-bond acceptors (Lipinski definition) is 2. The van der Waals surface area contributed by atoms with Crippen LogP contribution in [0.1, 0.15) is 30.9 Å². The van der Waals surface area contributed by atoms with Crippen molar-refractivity contribution >= 4 is 12.1 Å². The van der Waals surface area contributed by atoms with Crippen LogP contribution < -0.4 is 0 Å². The smallest absolute Gasteiger partial charge is 0.152 e. The first-order valence-electron chi connectivity index (χ1n) is 5.91. The average Bonchev–Trinajstić information content (AvgIpc) is 2.33. The molecular weight excluding hydrogens is 212 g/mol. The van der Waals surface area contributed by atoms with E-state index in [1.807, 2.05) is 18.2 Å². The molecule has 0 aliphatic carbocycles. The van der Waals surface area contributed by atoms with Crippen molar-refractivity contribution in [2.75, 3.05) is 0 Å². The van der Waals surface area contributed by atoms with Crippen LogP contribution in [0.4, 0.5) is 0 Å². The van der Waals surface area contributed by atoms with Crippen LogP contribution in [0.15, 0.2) is 36.4 Å². The van der Waals surface area contributed by atoms with Crippen molar-refractivity contribution in [3.63, 3.8) is 0 Å². The third-order valence-corrected chi connectivity index (χ3v) is 2.58. The number of carbonyl (C=O) groups excluding carboxylic acids is 2. The van der Waals surface area contributed by atoms with E-state index < -0.39 is 0 Å². The summed E-state index contributed by atoms with van der Waals surface area (Å²) in [6, 6.07) is 8.15. The van der Waals surface area contributed by atoms with E-state index in [1.165, 1.54) is 11.1 Å². The second-order valence-electron chi connectivity index (χ2n) is 4.03. The van der Waals surface area contributed by atoms with Gasteiger partial charge in [0.05, 0.1) is 0 Å². The lowest BCUT2D eigenvalue weighted by Crippen LogP contribution is -1.94. The van der Waals surface area contributed by atoms with Gasteiger partial charge >= 0.3 is 0 Å². The van der Waals surface area contributed by atoms with E-state index >= 15 is 0 Å². The number of allylic oxidation sites excluding steroid dienone is 2. The average molecular weight is 230 g/mol. The van der Waals surface area contributed by atoms with E-state index in [2.05, 4.69) is 12.1 Å². The van der Waals surface area contributed by atoms with Gasteiger partial charge in [0, 0.05) is 6.42 Å². The number of benzene rings is 1. The van der Waals surface area contributed by atoms with Gasteiger partial charge in [-0.1, -0.05) is 30.3 Å². The molecule has 0 fully saturated rings. The Balaban J connectivity index is 2.57. The number of aryl methyl sites for hydroxylation is 2. The van der Waals surface area contributed by atoms with E-state index in [4.69, 9.17) is 0 Å². The number of ketones is 1. The van der Waals surface area contributed by atoms with Crippen molar-refractivity contribution in [1.82, 2.24) is 0 Å². The zero-order chi connectivity index (χ0) is 12.5. The summed E-state index contributed by atoms with van der Waals surface area (Å²) in [5.41, 5.74) is 2.50. The van der Waals surface area contributed by atoms with Crippen molar-refractivity contribution in [3.8, 4) is 0 Å². The Morgan fingerprint density at radius 1 is 1.12 bits per heavy atom. The lowest BCUT2D eigenvalue weighted by Gasteiger charge is -2.06. The van der Waals surface area contributed by atoms with Crippen LogP contribution in [-0.2, 0) is 22.4 Å². The molecule has 1 rings (SSSR count). The van der Waals surface area contributed by atoms with Crippen LogP contribution in [0.25, 0.3) is 0 Å². The normalized spacial score (nSPS) is 10.6. The summed E-state index contributed by atoms with van der Waals surface area (Å²) < 4.78 is 0. The fourth-order valence-corrected chi connectivity index (χ4v) is 1.75. The Hall–Kier alpha value is -1.70. The van der Waals surface area contributed by atoms with E-state index in [1.54, 1.807) is 13.0 Å². The summed E-state index contributed by atoms with van der Waals surface area (Å²) in [5, 5.41) is 0. The van der Waals surface area contributed by atoms with Crippen LogP contribution in [-0.4, -0.2) is 12.1 Å². The first kappa shape index (κ1) is 13.4. The monoisotopic (exact) mass is 230 g/mol. The SMILES string of the molecule is CC(=O)/C=C/CCc1ccccc1CCC=O. The van der Waals surface area contributed by atoms with E-state index in [-0.39, 0.29) is 5.78 Å². The summed E-state index contributed by atoms with van der Waals surface area (Å²) >= 11 is 0. The Morgan fingerprint density at radius 3 is 2.24 bits per heavy atom. The fraction of sp³-hybridized carbons (Fsp3) is 0.333. The Labute approximate surface area is 102 Å². The molecule has 0 atom stereocenters. The molecule has 0 saturated heterocycles. The molecule has 0 aliphatic heterocycles. The summed E-state index contributed by atoms with van der Waals surface area (Å²) in [4.78, 5) is 21.1. The molecular formula is C15H18O2. The molecule has 1 aromatic rings. The minimum absolute atomic E-state index is 0.0826. The molecule has 0 radical (unpaired) electrons. The largest absolute Gasteiger partial charge is 0.303 e. The zero-order valence-electron chi connectivity index (χ0n) is 10.2. The minimum atomic E-state index is 0.0826. The lowest BCUT2D eigenvalue weighted by atomic mass is 9.99. The summed E-state index contributed by atoms with van der Waals surface area (Å²) in [6.45, 7) is 1.55. The number of hydrogen-bond donors (Lipinski definition) is 0. The predicted octanol–water partition coefficient (Wildman–Crippen LogP) is 2.90. The van der Waals surface area contributed by atoms with Gasteiger partial charge in [-0.25, -0.2) is 0 Å². The Bertz CT molecular complexity index is 405. The van der Waals surface area contributed by atoms with Crippen LogP contribution in [0.5, 0.6) is 0 Å². The predicted molar refractivity (Wildman–Crippen MR) is 69.0 cm³/mol. The molecule has 0 saturated carbocycles. The van der Waals surface area contributed by atoms with Gasteiger partial charge < -0.3 is 4.79 Å². The first-order valence-corrected chi connectivity index (χ1v) is 5.91. The van der Waals surface area contributed by atoms with Crippen molar-refractivity contribution in [2.45, 2.75) is 32.6 Å². The highest BCUT2D eigenvalue weighted by molar-refractivity contribution is 5.87. The summed E-state index contributed by atoms with van der Waals surface area (Å²) in [6.07, 6.45) is 7.60. The van der Waals surface area contributed by atoms with Crippen LogP contribution >= 0.6 is 0 Å². The Kier molecular flexibility index (Phi) is 5.94. The molecule has 2 heteroatoms. The number of carbonyl (C=O) groups is 2. The lowest BCUT2D eigenvalue weighted by molar-refractivity contribution is -0.112. The maximum atomic E-state index is 10.7. The molecule has 0 aromatic heterocycles. The number of aldehydes is 1. The minimum Gasteiger partial charge on any atom is -0.303 e. The molecule has 0 N–H and O–H groups in total. The molecule has 0 spiro atoms. The van der Waals surface area contributed by atoms with Crippen molar-refractivity contribution < 1.29 is 9.59 Å². The highest BCUT2D eigenvalue weighted by Crippen LogP contribution is 2.13. The van der Waals surface area contributed by atoms with E-state index in [9.17, 15) is 9.59 Å². The topological polar surface area (TPSA) is 34.1 Å². The molecule has 0 aliphatic rings. The second-order valence-corrected chi connectivity index (χ2v) is 4.03. The number of rotatable bonds is 7. The third-order valence-electron chi connectivity index (χ3n) is 2.58. The van der Waals surface area contributed by atoms with Crippen molar-refractivity contribution in [3.05, 3.63) is 47.5 Å². The Morgan fingerprint density at radius 2 is 1.71 bits per heavy atom. The van der Waals surface area contributed by atoms with Crippen molar-refractivity contribution in [2.24, 2.45) is 0 Å². The summed E-state index contributed by atoms with van der Waals surface area (Å²) in [5.74, 6) is 0.0826. The van der Waals surface area contributed by atoms with Crippen molar-refractivity contribution in [1.29, 1.82) is 0 Å². The molecule has 0 bridgehead atoms. The third kappa shape index (κ3) is 5.25. The van der Waals surface area contributed by atoms with Gasteiger partial charge in [-0.3, -0.25) is 4.79 Å². The van der Waals surface area contributed by atoms with Gasteiger partial charge in [-0.05, 0) is 43.4 Å². The quantitative estimate of drug-likeness (QED) is 0.533. The maximum Gasteiger partial charge on any atom is 0.152 e. The van der Waals surface area contributed by atoms with Crippen LogP contribution in [0.3, 0.4) is 0 Å². The maximum absolute atomic E-state index is 10.7. The van der Waals surface area contributed by atoms with Crippen LogP contribution in [0.2, 0.25) is 0 Å². The first-order chi connectivity index (χ1) is 8.24. The fourth-order valence-electron chi connectivity index (χ4n) is 1.75. The zero-order valence-corrected chi connectivity index (χ0v) is 10.2. The van der Waals surface area contributed by atoms with Gasteiger partial charge in [-0.15, -0.1) is 0 Å². The van der Waals surface area contributed by atoms with Crippen LogP contribution in [0, 0.1) is 0 Å². The highest BCUT2D eigenvalue weighted by atomic mass is 16.1. The molecule has 0 unspecified atom stereocenters. The molecule has 0 heterocycles. The van der Waals surface area contributed by atoms with Gasteiger partial charge in [0.25, 0.3) is 0 Å². The summed E-state index contributed by atoms with van der Waals surface area (Å²) in [7, 11) is 0. The van der Waals surface area contributed by atoms with Gasteiger partial charge in [0.2, 0.25) is 0 Å². The molecule has 0 amide bonds. The van der Waals surface area contributed by atoms with Gasteiger partial charge in [0.1, 0.15) is 6.29 Å². The standard InChI is InChI=1S/C15H18O2/c1-13(17)7-2-3-8-14-9-4-5-10-15(14)11-6-12-16/h2,4-5,7,9-10,12H,3,6,8,11H2,1H3/b7-2+. The molecule has 1 aromatic carbocycles. The van der Waals surface area contributed by atoms with Gasteiger partial charge in [-0.2, -0.15) is 0 Å². The molecule has 2 nitrogen and oxygen atoms in total. The second kappa shape index (κ2) is 7.55. The molecule has 90 valence electrons. The van der Waals surface area contributed by atoms with Gasteiger partial charge in [0.15, 0.2) is 5.78 Å². The van der Waals surface area contributed by atoms with E-state index in [0.29, 0.717) is 6.42 Å².